The van der Waals surface area contributed by atoms with Crippen molar-refractivity contribution >= 4 is 43.0 Å². The molecule has 0 aromatic rings. The largest absolute Gasteiger partial charge is 0.481 e. The fraction of sp³-hybridized carbons (Fsp3) is 0.286. The van der Waals surface area contributed by atoms with E-state index in [0.29, 0.717) is 0 Å². The summed E-state index contributed by atoms with van der Waals surface area (Å²) < 4.78 is 0. The standard InChI is InChI=1S/C7H7NO4.2ClH/c9-6(10)4-1-5(7(11)12)3-8-2-4;;/h1-2,5H,3H2,(H,9,10)(H,11,12);2*1H. The molecular weight excluding hydrogens is 233 g/mol. The van der Waals surface area contributed by atoms with Gasteiger partial charge < -0.3 is 10.2 Å². The topological polar surface area (TPSA) is 87.0 Å². The van der Waals surface area contributed by atoms with Gasteiger partial charge in [-0.05, 0) is 0 Å². The predicted octanol–water partition coefficient (Wildman–Crippen LogP) is 0.626. The molecule has 0 bridgehead atoms. The summed E-state index contributed by atoms with van der Waals surface area (Å²) in [6.07, 6.45) is 2.36. The second-order valence-electron chi connectivity index (χ2n) is 2.37. The molecule has 0 aliphatic carbocycles. The van der Waals surface area contributed by atoms with Gasteiger partial charge in [0.2, 0.25) is 0 Å². The van der Waals surface area contributed by atoms with Gasteiger partial charge in [-0.25, -0.2) is 4.79 Å². The van der Waals surface area contributed by atoms with Crippen molar-refractivity contribution in [3.63, 3.8) is 0 Å². The Kier molecular flexibility index (Phi) is 7.04. The molecule has 1 aliphatic rings. The van der Waals surface area contributed by atoms with Gasteiger partial charge in [-0.2, -0.15) is 0 Å². The van der Waals surface area contributed by atoms with Gasteiger partial charge in [0.25, 0.3) is 0 Å². The van der Waals surface area contributed by atoms with Crippen molar-refractivity contribution in [1.29, 1.82) is 0 Å². The summed E-state index contributed by atoms with van der Waals surface area (Å²) in [5.41, 5.74) is -0.0614. The highest BCUT2D eigenvalue weighted by molar-refractivity contribution is 6.09. The molecule has 1 aliphatic heterocycles. The van der Waals surface area contributed by atoms with E-state index >= 15 is 0 Å². The Morgan fingerprint density at radius 3 is 2.36 bits per heavy atom. The monoisotopic (exact) mass is 241 g/mol. The first kappa shape index (κ1) is 15.4. The minimum Gasteiger partial charge on any atom is -0.481 e. The van der Waals surface area contributed by atoms with E-state index in [4.69, 9.17) is 10.2 Å². The molecule has 14 heavy (non-hydrogen) atoms. The molecule has 0 spiro atoms. The Morgan fingerprint density at radius 2 is 1.93 bits per heavy atom. The van der Waals surface area contributed by atoms with Crippen LogP contribution in [0.2, 0.25) is 0 Å². The van der Waals surface area contributed by atoms with Gasteiger partial charge in [-0.1, -0.05) is 6.08 Å². The molecular formula is C7H9Cl2NO4. The second-order valence-corrected chi connectivity index (χ2v) is 2.37. The number of aliphatic carboxylic acids is 2. The first-order valence-corrected chi connectivity index (χ1v) is 3.29. The molecule has 0 aromatic heterocycles. The molecule has 1 heterocycles. The van der Waals surface area contributed by atoms with Gasteiger partial charge in [0.05, 0.1) is 18.0 Å². The Hall–Kier alpha value is -1.07. The predicted molar refractivity (Wildman–Crippen MR) is 54.7 cm³/mol. The van der Waals surface area contributed by atoms with Crippen molar-refractivity contribution in [3.8, 4) is 0 Å². The van der Waals surface area contributed by atoms with Gasteiger partial charge >= 0.3 is 11.9 Å². The molecule has 0 aromatic carbocycles. The van der Waals surface area contributed by atoms with Crippen molar-refractivity contribution < 1.29 is 19.8 Å². The van der Waals surface area contributed by atoms with E-state index in [0.717, 1.165) is 0 Å². The first-order chi connectivity index (χ1) is 5.61. The zero-order valence-electron chi connectivity index (χ0n) is 6.91. The Balaban J connectivity index is 0. The van der Waals surface area contributed by atoms with Crippen LogP contribution in [0, 0.1) is 5.92 Å². The van der Waals surface area contributed by atoms with Crippen LogP contribution in [0.4, 0.5) is 0 Å². The maximum atomic E-state index is 10.4. The lowest BCUT2D eigenvalue weighted by molar-refractivity contribution is -0.139. The van der Waals surface area contributed by atoms with Crippen molar-refractivity contribution in [2.45, 2.75) is 0 Å². The first-order valence-electron chi connectivity index (χ1n) is 3.29. The summed E-state index contributed by atoms with van der Waals surface area (Å²) in [6, 6.07) is 0. The molecule has 0 saturated carbocycles. The number of rotatable bonds is 2. The van der Waals surface area contributed by atoms with Crippen molar-refractivity contribution in [2.75, 3.05) is 6.54 Å². The van der Waals surface area contributed by atoms with Crippen molar-refractivity contribution in [1.82, 2.24) is 0 Å². The molecule has 2 N–H and O–H groups in total. The molecule has 1 unspecified atom stereocenters. The summed E-state index contributed by atoms with van der Waals surface area (Å²) >= 11 is 0. The third kappa shape index (κ3) is 3.76. The summed E-state index contributed by atoms with van der Waals surface area (Å²) in [5.74, 6) is -3.00. The van der Waals surface area contributed by atoms with E-state index in [1.54, 1.807) is 0 Å². The number of carboxylic acids is 2. The smallest absolute Gasteiger partial charge is 0.336 e. The zero-order chi connectivity index (χ0) is 9.14. The number of hydrogen-bond acceptors (Lipinski definition) is 3. The van der Waals surface area contributed by atoms with Crippen LogP contribution < -0.4 is 0 Å². The minimum atomic E-state index is -1.15. The third-order valence-electron chi connectivity index (χ3n) is 1.48. The Bertz CT molecular complexity index is 287. The van der Waals surface area contributed by atoms with Gasteiger partial charge in [-0.15, -0.1) is 24.8 Å². The lowest BCUT2D eigenvalue weighted by Gasteiger charge is -2.08. The average Bonchev–Trinajstić information content (AvgIpc) is 2.04. The van der Waals surface area contributed by atoms with E-state index in [-0.39, 0.29) is 36.9 Å². The fourth-order valence-electron chi connectivity index (χ4n) is 0.853. The number of dihydropyridines is 1. The van der Waals surface area contributed by atoms with Crippen LogP contribution in [0.25, 0.3) is 0 Å². The number of hydrogen-bond donors (Lipinski definition) is 2. The molecule has 0 radical (unpaired) electrons. The van der Waals surface area contributed by atoms with Crippen molar-refractivity contribution in [2.24, 2.45) is 10.9 Å². The zero-order valence-corrected chi connectivity index (χ0v) is 8.55. The Morgan fingerprint density at radius 1 is 1.36 bits per heavy atom. The maximum Gasteiger partial charge on any atom is 0.336 e. The van der Waals surface area contributed by atoms with Crippen molar-refractivity contribution in [3.05, 3.63) is 11.6 Å². The number of carboxylic acid groups (broad SMARTS) is 2. The lowest BCUT2D eigenvalue weighted by atomic mass is 10.0. The molecule has 1 atom stereocenters. The highest BCUT2D eigenvalue weighted by Crippen LogP contribution is 2.09. The van der Waals surface area contributed by atoms with E-state index in [2.05, 4.69) is 4.99 Å². The van der Waals surface area contributed by atoms with Gasteiger partial charge in [-0.3, -0.25) is 9.79 Å². The molecule has 80 valence electrons. The Labute approximate surface area is 92.3 Å². The number of carbonyl (C=O) groups is 2. The van der Waals surface area contributed by atoms with E-state index in [9.17, 15) is 9.59 Å². The van der Waals surface area contributed by atoms with Crippen LogP contribution in [0.5, 0.6) is 0 Å². The molecule has 0 amide bonds. The highest BCUT2D eigenvalue weighted by atomic mass is 35.5. The molecule has 0 saturated heterocycles. The third-order valence-corrected chi connectivity index (χ3v) is 1.48. The van der Waals surface area contributed by atoms with Gasteiger partial charge in [0.15, 0.2) is 0 Å². The molecule has 1 rings (SSSR count). The number of nitrogens with zero attached hydrogens (tertiary/aromatic N) is 1. The fourth-order valence-corrected chi connectivity index (χ4v) is 0.853. The maximum absolute atomic E-state index is 10.4. The van der Waals surface area contributed by atoms with E-state index in [1.165, 1.54) is 12.3 Å². The average molecular weight is 242 g/mol. The summed E-state index contributed by atoms with van der Waals surface area (Å²) in [7, 11) is 0. The SMILES string of the molecule is Cl.Cl.O=C(O)C1=CC(C(=O)O)CN=C1. The van der Waals surface area contributed by atoms with Crippen LogP contribution in [0.3, 0.4) is 0 Å². The molecule has 0 fully saturated rings. The van der Waals surface area contributed by atoms with E-state index < -0.39 is 17.9 Å². The van der Waals surface area contributed by atoms with E-state index in [1.807, 2.05) is 0 Å². The quantitative estimate of drug-likeness (QED) is 0.743. The number of halogens is 2. The lowest BCUT2D eigenvalue weighted by Crippen LogP contribution is -2.20. The summed E-state index contributed by atoms with van der Waals surface area (Å²) in [6.45, 7) is 0.117. The number of aliphatic imine (C=N–C) groups is 1. The van der Waals surface area contributed by atoms with Crippen LogP contribution in [0.1, 0.15) is 0 Å². The van der Waals surface area contributed by atoms with Gasteiger partial charge in [0, 0.05) is 6.21 Å². The molecule has 5 nitrogen and oxygen atoms in total. The molecule has 7 heteroatoms. The normalized spacial score (nSPS) is 18.6. The highest BCUT2D eigenvalue weighted by Gasteiger charge is 2.19. The van der Waals surface area contributed by atoms with Crippen LogP contribution in [0.15, 0.2) is 16.6 Å². The summed E-state index contributed by atoms with van der Waals surface area (Å²) in [4.78, 5) is 24.4. The van der Waals surface area contributed by atoms with Gasteiger partial charge in [0.1, 0.15) is 0 Å². The van der Waals surface area contributed by atoms with Crippen LogP contribution in [-0.2, 0) is 9.59 Å². The van der Waals surface area contributed by atoms with Crippen LogP contribution >= 0.6 is 24.8 Å². The van der Waals surface area contributed by atoms with Crippen LogP contribution in [-0.4, -0.2) is 34.9 Å². The minimum absolute atomic E-state index is 0. The second kappa shape index (κ2) is 6.39. The summed E-state index contributed by atoms with van der Waals surface area (Å²) in [5, 5.41) is 17.0.